The second kappa shape index (κ2) is 4.88. The third-order valence-corrected chi connectivity index (χ3v) is 3.24. The Morgan fingerprint density at radius 1 is 0.850 bits per heavy atom. The van der Waals surface area contributed by atoms with Gasteiger partial charge in [-0.25, -0.2) is 9.35 Å². The molecule has 2 aromatic heterocycles. The molecular weight excluding hydrogens is 256 g/mol. The number of primary amides is 1. The van der Waals surface area contributed by atoms with Gasteiger partial charge in [-0.05, 0) is 52.0 Å². The first-order valence-corrected chi connectivity index (χ1v) is 6.29. The summed E-state index contributed by atoms with van der Waals surface area (Å²) < 4.78 is 3.35. The third kappa shape index (κ3) is 2.09. The molecule has 20 heavy (non-hydrogen) atoms. The topological polar surface area (TPSA) is 73.3 Å². The summed E-state index contributed by atoms with van der Waals surface area (Å²) in [5, 5.41) is 1.28. The number of aromatic nitrogens is 2. The standard InChI is InChI=1S/C14H18N4O2/c1-9-5-6-10(2)16(9)18(14(20)13(15)19)17-11(3)7-8-12(17)4/h5-8H,1-4H3,(H2,15,19). The van der Waals surface area contributed by atoms with Crippen molar-refractivity contribution in [2.75, 3.05) is 5.12 Å². The molecule has 2 amide bonds. The van der Waals surface area contributed by atoms with E-state index in [-0.39, 0.29) is 0 Å². The van der Waals surface area contributed by atoms with Crippen molar-refractivity contribution in [1.29, 1.82) is 0 Å². The van der Waals surface area contributed by atoms with E-state index >= 15 is 0 Å². The van der Waals surface area contributed by atoms with Gasteiger partial charge < -0.3 is 5.73 Å². The van der Waals surface area contributed by atoms with Gasteiger partial charge in [0.05, 0.1) is 0 Å². The molecule has 0 fully saturated rings. The van der Waals surface area contributed by atoms with E-state index in [0.717, 1.165) is 22.8 Å². The Bertz CT molecular complexity index is 596. The molecule has 0 aliphatic heterocycles. The lowest BCUT2D eigenvalue weighted by Crippen LogP contribution is -2.51. The first-order valence-electron chi connectivity index (χ1n) is 6.29. The summed E-state index contributed by atoms with van der Waals surface area (Å²) in [5.41, 5.74) is 8.54. The number of carbonyl (C=O) groups is 2. The normalized spacial score (nSPS) is 10.6. The van der Waals surface area contributed by atoms with Gasteiger partial charge in [-0.15, -0.1) is 5.12 Å². The lowest BCUT2D eigenvalue weighted by molar-refractivity contribution is -0.137. The molecule has 0 aliphatic rings. The molecule has 106 valence electrons. The molecule has 6 heteroatoms. The minimum absolute atomic E-state index is 0.783. The molecule has 2 rings (SSSR count). The highest BCUT2D eigenvalue weighted by molar-refractivity contribution is 6.38. The van der Waals surface area contributed by atoms with Gasteiger partial charge in [-0.1, -0.05) is 0 Å². The van der Waals surface area contributed by atoms with E-state index in [1.165, 1.54) is 5.12 Å². The van der Waals surface area contributed by atoms with Crippen molar-refractivity contribution in [3.8, 4) is 0 Å². The molecule has 0 saturated carbocycles. The molecule has 0 bridgehead atoms. The van der Waals surface area contributed by atoms with E-state index in [0.29, 0.717) is 0 Å². The zero-order valence-corrected chi connectivity index (χ0v) is 12.0. The van der Waals surface area contributed by atoms with Crippen molar-refractivity contribution >= 4 is 11.8 Å². The molecule has 0 unspecified atom stereocenters. The minimum Gasteiger partial charge on any atom is -0.361 e. The lowest BCUT2D eigenvalue weighted by atomic mass is 10.5. The molecule has 0 saturated heterocycles. The molecule has 2 aromatic rings. The fraction of sp³-hybridized carbons (Fsp3) is 0.286. The summed E-state index contributed by atoms with van der Waals surface area (Å²) in [4.78, 5) is 23.6. The van der Waals surface area contributed by atoms with Crippen LogP contribution in [0.4, 0.5) is 0 Å². The van der Waals surface area contributed by atoms with Gasteiger partial charge in [-0.2, -0.15) is 0 Å². The molecular formula is C14H18N4O2. The van der Waals surface area contributed by atoms with E-state index in [4.69, 9.17) is 5.73 Å². The number of nitrogens with zero attached hydrogens (tertiary/aromatic N) is 3. The molecule has 0 aliphatic carbocycles. The van der Waals surface area contributed by atoms with Crippen LogP contribution >= 0.6 is 0 Å². The highest BCUT2D eigenvalue weighted by Crippen LogP contribution is 2.14. The largest absolute Gasteiger partial charge is 0.361 e. The summed E-state index contributed by atoms with van der Waals surface area (Å²) in [5.74, 6) is -1.78. The zero-order chi connectivity index (χ0) is 15.0. The fourth-order valence-corrected chi connectivity index (χ4v) is 2.29. The molecule has 0 radical (unpaired) electrons. The molecule has 2 heterocycles. The summed E-state index contributed by atoms with van der Waals surface area (Å²) in [6.45, 7) is 7.45. The molecule has 0 aromatic carbocycles. The predicted molar refractivity (Wildman–Crippen MR) is 75.6 cm³/mol. The number of amides is 2. The first kappa shape index (κ1) is 13.9. The number of hydrogen-bond acceptors (Lipinski definition) is 2. The molecule has 0 atom stereocenters. The second-order valence-corrected chi connectivity index (χ2v) is 4.81. The van der Waals surface area contributed by atoms with Gasteiger partial charge in [0.15, 0.2) is 0 Å². The highest BCUT2D eigenvalue weighted by Gasteiger charge is 2.26. The van der Waals surface area contributed by atoms with E-state index in [1.807, 2.05) is 52.0 Å². The van der Waals surface area contributed by atoms with Crippen LogP contribution < -0.4 is 10.9 Å². The van der Waals surface area contributed by atoms with Crippen LogP contribution in [0.15, 0.2) is 24.3 Å². The monoisotopic (exact) mass is 274 g/mol. The Morgan fingerprint density at radius 2 is 1.15 bits per heavy atom. The number of hydrogen-bond donors (Lipinski definition) is 1. The number of rotatable bonds is 2. The van der Waals surface area contributed by atoms with Gasteiger partial charge in [0.2, 0.25) is 0 Å². The summed E-state index contributed by atoms with van der Waals surface area (Å²) >= 11 is 0. The van der Waals surface area contributed by atoms with Gasteiger partial charge >= 0.3 is 11.8 Å². The van der Waals surface area contributed by atoms with Crippen LogP contribution in [0.1, 0.15) is 22.8 Å². The number of carbonyl (C=O) groups excluding carboxylic acids is 2. The average molecular weight is 274 g/mol. The van der Waals surface area contributed by atoms with Crippen LogP contribution in [0.5, 0.6) is 0 Å². The van der Waals surface area contributed by atoms with Crippen molar-refractivity contribution in [1.82, 2.24) is 9.35 Å². The Balaban J connectivity index is 2.70. The van der Waals surface area contributed by atoms with Crippen molar-refractivity contribution in [3.05, 3.63) is 47.0 Å². The average Bonchev–Trinajstić information content (AvgIpc) is 2.87. The molecule has 6 nitrogen and oxygen atoms in total. The van der Waals surface area contributed by atoms with Crippen LogP contribution in [0.3, 0.4) is 0 Å². The van der Waals surface area contributed by atoms with Gasteiger partial charge in [0.25, 0.3) is 0 Å². The Kier molecular flexibility index (Phi) is 3.40. The van der Waals surface area contributed by atoms with E-state index in [1.54, 1.807) is 9.35 Å². The van der Waals surface area contributed by atoms with Crippen LogP contribution in [-0.2, 0) is 9.59 Å². The van der Waals surface area contributed by atoms with Gasteiger partial charge in [0.1, 0.15) is 0 Å². The number of aryl methyl sites for hydroxylation is 4. The quantitative estimate of drug-likeness (QED) is 0.828. The maximum absolute atomic E-state index is 12.3. The van der Waals surface area contributed by atoms with E-state index in [9.17, 15) is 9.59 Å². The van der Waals surface area contributed by atoms with Crippen LogP contribution in [0.2, 0.25) is 0 Å². The van der Waals surface area contributed by atoms with Crippen molar-refractivity contribution in [3.63, 3.8) is 0 Å². The Morgan fingerprint density at radius 3 is 1.40 bits per heavy atom. The lowest BCUT2D eigenvalue weighted by Gasteiger charge is -2.28. The van der Waals surface area contributed by atoms with Crippen molar-refractivity contribution < 1.29 is 9.59 Å². The van der Waals surface area contributed by atoms with Gasteiger partial charge in [-0.3, -0.25) is 9.59 Å². The van der Waals surface area contributed by atoms with Crippen molar-refractivity contribution in [2.45, 2.75) is 27.7 Å². The predicted octanol–water partition coefficient (Wildman–Crippen LogP) is 0.936. The maximum Gasteiger partial charge on any atom is 0.350 e. The summed E-state index contributed by atoms with van der Waals surface area (Å²) in [6.07, 6.45) is 0. The molecule has 2 N–H and O–H groups in total. The smallest absolute Gasteiger partial charge is 0.350 e. The van der Waals surface area contributed by atoms with E-state index in [2.05, 4.69) is 0 Å². The number of nitrogens with two attached hydrogens (primary N) is 1. The summed E-state index contributed by atoms with van der Waals surface area (Å²) in [6, 6.07) is 7.52. The maximum atomic E-state index is 12.3. The SMILES string of the molecule is Cc1ccc(C)n1N(C(=O)C(N)=O)n1c(C)ccc1C. The Hall–Kier alpha value is -2.50. The minimum atomic E-state index is -0.995. The Labute approximate surface area is 117 Å². The third-order valence-electron chi connectivity index (χ3n) is 3.24. The van der Waals surface area contributed by atoms with Crippen LogP contribution in [0.25, 0.3) is 0 Å². The second-order valence-electron chi connectivity index (χ2n) is 4.81. The zero-order valence-electron chi connectivity index (χ0n) is 12.0. The first-order chi connectivity index (χ1) is 9.34. The highest BCUT2D eigenvalue weighted by atomic mass is 16.2. The van der Waals surface area contributed by atoms with Gasteiger partial charge in [0, 0.05) is 22.8 Å². The van der Waals surface area contributed by atoms with Crippen LogP contribution in [-0.4, -0.2) is 21.2 Å². The van der Waals surface area contributed by atoms with Crippen molar-refractivity contribution in [2.24, 2.45) is 5.73 Å². The molecule has 0 spiro atoms. The van der Waals surface area contributed by atoms with Crippen LogP contribution in [0, 0.1) is 27.7 Å². The summed E-state index contributed by atoms with van der Waals surface area (Å²) in [7, 11) is 0. The van der Waals surface area contributed by atoms with E-state index < -0.39 is 11.8 Å². The fourth-order valence-electron chi connectivity index (χ4n) is 2.29.